The fourth-order valence-electron chi connectivity index (χ4n) is 1.68. The van der Waals surface area contributed by atoms with E-state index in [4.69, 9.17) is 4.42 Å². The Morgan fingerprint density at radius 3 is 3.06 bits per heavy atom. The van der Waals surface area contributed by atoms with Gasteiger partial charge < -0.3 is 14.3 Å². The number of rotatable bonds is 5. The van der Waals surface area contributed by atoms with Gasteiger partial charge in [-0.1, -0.05) is 0 Å². The number of imidazole rings is 1. The summed E-state index contributed by atoms with van der Waals surface area (Å²) in [6, 6.07) is 4.15. The monoisotopic (exact) mass is 219 g/mol. The van der Waals surface area contributed by atoms with Crippen LogP contribution in [0.3, 0.4) is 0 Å². The lowest BCUT2D eigenvalue weighted by atomic mass is 10.2. The Kier molecular flexibility index (Phi) is 3.41. The molecule has 16 heavy (non-hydrogen) atoms. The molecular weight excluding hydrogens is 202 g/mol. The summed E-state index contributed by atoms with van der Waals surface area (Å²) < 4.78 is 7.45. The normalized spacial score (nSPS) is 12.9. The molecule has 0 aromatic carbocycles. The Hall–Kier alpha value is -1.55. The molecule has 1 N–H and O–H groups in total. The topological polar surface area (TPSA) is 43.0 Å². The molecule has 1 atom stereocenters. The molecule has 0 spiro atoms. The first-order valence-corrected chi connectivity index (χ1v) is 5.52. The minimum Gasteiger partial charge on any atom is -0.468 e. The molecule has 0 fully saturated rings. The predicted molar refractivity (Wildman–Crippen MR) is 62.1 cm³/mol. The lowest BCUT2D eigenvalue weighted by molar-refractivity contribution is 0.423. The van der Waals surface area contributed by atoms with Gasteiger partial charge in [0.1, 0.15) is 11.6 Å². The van der Waals surface area contributed by atoms with Gasteiger partial charge in [0.25, 0.3) is 0 Å². The highest BCUT2D eigenvalue weighted by atomic mass is 16.3. The maximum Gasteiger partial charge on any atom is 0.120 e. The molecule has 0 aliphatic rings. The van der Waals surface area contributed by atoms with E-state index in [0.717, 1.165) is 24.7 Å². The van der Waals surface area contributed by atoms with E-state index in [0.29, 0.717) is 0 Å². The van der Waals surface area contributed by atoms with Crippen LogP contribution in [-0.2, 0) is 6.54 Å². The Bertz CT molecular complexity index is 419. The van der Waals surface area contributed by atoms with Crippen molar-refractivity contribution in [2.24, 2.45) is 0 Å². The van der Waals surface area contributed by atoms with E-state index in [1.54, 1.807) is 6.26 Å². The zero-order chi connectivity index (χ0) is 11.4. The Labute approximate surface area is 95.3 Å². The van der Waals surface area contributed by atoms with E-state index in [-0.39, 0.29) is 6.04 Å². The Balaban J connectivity index is 1.78. The van der Waals surface area contributed by atoms with Gasteiger partial charge in [-0.05, 0) is 26.0 Å². The van der Waals surface area contributed by atoms with Gasteiger partial charge in [-0.2, -0.15) is 0 Å². The van der Waals surface area contributed by atoms with Crippen LogP contribution in [0.4, 0.5) is 0 Å². The fraction of sp³-hybridized carbons (Fsp3) is 0.417. The first-order valence-electron chi connectivity index (χ1n) is 5.52. The van der Waals surface area contributed by atoms with Crippen molar-refractivity contribution in [1.29, 1.82) is 0 Å². The van der Waals surface area contributed by atoms with Crippen LogP contribution in [0.25, 0.3) is 0 Å². The van der Waals surface area contributed by atoms with E-state index < -0.39 is 0 Å². The molecule has 0 saturated heterocycles. The molecule has 0 saturated carbocycles. The summed E-state index contributed by atoms with van der Waals surface area (Å²) in [7, 11) is 0. The van der Waals surface area contributed by atoms with Crippen molar-refractivity contribution < 1.29 is 4.42 Å². The minimum absolute atomic E-state index is 0.249. The van der Waals surface area contributed by atoms with Crippen molar-refractivity contribution in [3.05, 3.63) is 42.4 Å². The number of hydrogen-bond donors (Lipinski definition) is 1. The second-order valence-electron chi connectivity index (χ2n) is 3.86. The molecule has 0 aliphatic heterocycles. The molecule has 86 valence electrons. The molecule has 1 unspecified atom stereocenters. The van der Waals surface area contributed by atoms with Gasteiger partial charge in [0.15, 0.2) is 0 Å². The largest absolute Gasteiger partial charge is 0.468 e. The van der Waals surface area contributed by atoms with E-state index in [1.807, 2.05) is 31.5 Å². The summed E-state index contributed by atoms with van der Waals surface area (Å²) in [4.78, 5) is 4.18. The lowest BCUT2D eigenvalue weighted by Gasteiger charge is -2.12. The van der Waals surface area contributed by atoms with Crippen LogP contribution in [0, 0.1) is 6.92 Å². The van der Waals surface area contributed by atoms with Crippen LogP contribution in [0.15, 0.2) is 35.2 Å². The molecule has 4 nitrogen and oxygen atoms in total. The van der Waals surface area contributed by atoms with Crippen LogP contribution >= 0.6 is 0 Å². The third-order valence-electron chi connectivity index (χ3n) is 2.70. The van der Waals surface area contributed by atoms with Crippen LogP contribution in [0.1, 0.15) is 24.6 Å². The highest BCUT2D eigenvalue weighted by molar-refractivity contribution is 5.02. The van der Waals surface area contributed by atoms with Gasteiger partial charge in [0, 0.05) is 25.5 Å². The number of nitrogens with zero attached hydrogens (tertiary/aromatic N) is 2. The van der Waals surface area contributed by atoms with Crippen molar-refractivity contribution in [3.8, 4) is 0 Å². The minimum atomic E-state index is 0.249. The van der Waals surface area contributed by atoms with Crippen LogP contribution in [0.5, 0.6) is 0 Å². The predicted octanol–water partition coefficient (Wildman–Crippen LogP) is 2.14. The summed E-state index contributed by atoms with van der Waals surface area (Å²) in [6.45, 7) is 5.94. The second kappa shape index (κ2) is 4.99. The number of hydrogen-bond acceptors (Lipinski definition) is 3. The molecule has 0 amide bonds. The first kappa shape index (κ1) is 11.0. The van der Waals surface area contributed by atoms with Crippen molar-refractivity contribution in [3.63, 3.8) is 0 Å². The number of aryl methyl sites for hydroxylation is 1. The zero-order valence-electron chi connectivity index (χ0n) is 9.68. The van der Waals surface area contributed by atoms with Crippen LogP contribution in [-0.4, -0.2) is 16.1 Å². The summed E-state index contributed by atoms with van der Waals surface area (Å²) in [5.41, 5.74) is 0. The molecule has 0 bridgehead atoms. The van der Waals surface area contributed by atoms with E-state index >= 15 is 0 Å². The first-order chi connectivity index (χ1) is 7.77. The molecule has 2 rings (SSSR count). The molecule has 0 radical (unpaired) electrons. The van der Waals surface area contributed by atoms with Crippen molar-refractivity contribution in [1.82, 2.24) is 14.9 Å². The molecular formula is C12H17N3O. The second-order valence-corrected chi connectivity index (χ2v) is 3.86. The Morgan fingerprint density at radius 1 is 1.56 bits per heavy atom. The van der Waals surface area contributed by atoms with E-state index in [9.17, 15) is 0 Å². The number of nitrogens with one attached hydrogen (secondary N) is 1. The SMILES string of the molecule is Cc1nccn1CCNC(C)c1ccco1. The highest BCUT2D eigenvalue weighted by Gasteiger charge is 2.06. The summed E-state index contributed by atoms with van der Waals surface area (Å²) in [6.07, 6.45) is 5.52. The fourth-order valence-corrected chi connectivity index (χ4v) is 1.68. The lowest BCUT2D eigenvalue weighted by Crippen LogP contribution is -2.23. The molecule has 2 heterocycles. The van der Waals surface area contributed by atoms with E-state index in [2.05, 4.69) is 21.8 Å². The van der Waals surface area contributed by atoms with Gasteiger partial charge in [-0.25, -0.2) is 4.98 Å². The molecule has 2 aromatic rings. The van der Waals surface area contributed by atoms with Gasteiger partial charge in [-0.15, -0.1) is 0 Å². The smallest absolute Gasteiger partial charge is 0.120 e. The molecule has 4 heteroatoms. The zero-order valence-corrected chi connectivity index (χ0v) is 9.68. The number of aromatic nitrogens is 2. The quantitative estimate of drug-likeness (QED) is 0.837. The highest BCUT2D eigenvalue weighted by Crippen LogP contribution is 2.11. The van der Waals surface area contributed by atoms with E-state index in [1.165, 1.54) is 0 Å². The third kappa shape index (κ3) is 2.52. The summed E-state index contributed by atoms with van der Waals surface area (Å²) in [5.74, 6) is 2.02. The summed E-state index contributed by atoms with van der Waals surface area (Å²) >= 11 is 0. The maximum atomic E-state index is 5.33. The standard InChI is InChI=1S/C12H17N3O/c1-10(12-4-3-9-16-12)13-5-7-15-8-6-14-11(15)2/h3-4,6,8-10,13H,5,7H2,1-2H3. The molecule has 2 aromatic heterocycles. The third-order valence-corrected chi connectivity index (χ3v) is 2.70. The van der Waals surface area contributed by atoms with Crippen molar-refractivity contribution in [2.75, 3.05) is 6.54 Å². The van der Waals surface area contributed by atoms with Crippen LogP contribution < -0.4 is 5.32 Å². The molecule has 0 aliphatic carbocycles. The van der Waals surface area contributed by atoms with Crippen LogP contribution in [0.2, 0.25) is 0 Å². The Morgan fingerprint density at radius 2 is 2.44 bits per heavy atom. The average Bonchev–Trinajstić information content (AvgIpc) is 2.90. The maximum absolute atomic E-state index is 5.33. The van der Waals surface area contributed by atoms with Crippen molar-refractivity contribution >= 4 is 0 Å². The van der Waals surface area contributed by atoms with Gasteiger partial charge in [0.2, 0.25) is 0 Å². The number of furan rings is 1. The average molecular weight is 219 g/mol. The van der Waals surface area contributed by atoms with Gasteiger partial charge in [0.05, 0.1) is 12.3 Å². The van der Waals surface area contributed by atoms with Gasteiger partial charge in [-0.3, -0.25) is 0 Å². The summed E-state index contributed by atoms with van der Waals surface area (Å²) in [5, 5.41) is 3.41. The van der Waals surface area contributed by atoms with Gasteiger partial charge >= 0.3 is 0 Å². The van der Waals surface area contributed by atoms with Crippen molar-refractivity contribution in [2.45, 2.75) is 26.4 Å².